The molecule has 0 bridgehead atoms. The summed E-state index contributed by atoms with van der Waals surface area (Å²) in [6, 6.07) is 14.0. The van der Waals surface area contributed by atoms with Crippen molar-refractivity contribution >= 4 is 11.3 Å². The number of rotatable bonds is 3. The van der Waals surface area contributed by atoms with Crippen molar-refractivity contribution < 1.29 is 4.39 Å². The molecule has 0 amide bonds. The molecule has 1 aromatic carbocycles. The van der Waals surface area contributed by atoms with Gasteiger partial charge in [-0.2, -0.15) is 0 Å². The SMILES string of the molecule is O=c1c(-c2nc(CF)cs2)cc(-c2ccccc2)c2n1CCCc1ccncc1-2. The van der Waals surface area contributed by atoms with Crippen LogP contribution < -0.4 is 5.56 Å². The van der Waals surface area contributed by atoms with Gasteiger partial charge in [0.05, 0.1) is 17.0 Å². The van der Waals surface area contributed by atoms with Crippen LogP contribution in [0.4, 0.5) is 4.39 Å². The summed E-state index contributed by atoms with van der Waals surface area (Å²) in [6.07, 6.45) is 5.42. The molecule has 0 spiro atoms. The van der Waals surface area contributed by atoms with E-state index in [1.165, 1.54) is 16.9 Å². The summed E-state index contributed by atoms with van der Waals surface area (Å²) in [5.74, 6) is 0. The average molecular weight is 403 g/mol. The van der Waals surface area contributed by atoms with Crippen LogP contribution in [0.5, 0.6) is 0 Å². The number of aromatic nitrogens is 3. The Kier molecular flexibility index (Phi) is 4.56. The first-order valence-corrected chi connectivity index (χ1v) is 10.4. The van der Waals surface area contributed by atoms with Crippen molar-refractivity contribution in [3.63, 3.8) is 0 Å². The first kappa shape index (κ1) is 17.9. The maximum Gasteiger partial charge on any atom is 0.261 e. The van der Waals surface area contributed by atoms with Gasteiger partial charge in [0.15, 0.2) is 0 Å². The minimum atomic E-state index is -0.632. The highest BCUT2D eigenvalue weighted by Crippen LogP contribution is 2.37. The second-order valence-corrected chi connectivity index (χ2v) is 7.92. The molecular weight excluding hydrogens is 385 g/mol. The Balaban J connectivity index is 1.86. The van der Waals surface area contributed by atoms with Crippen molar-refractivity contribution in [3.05, 3.63) is 81.8 Å². The summed E-state index contributed by atoms with van der Waals surface area (Å²) < 4.78 is 14.9. The Hall–Kier alpha value is -3.12. The van der Waals surface area contributed by atoms with E-state index < -0.39 is 6.67 Å². The number of fused-ring (bicyclic) bond motifs is 3. The summed E-state index contributed by atoms with van der Waals surface area (Å²) in [4.78, 5) is 22.1. The Labute approximate surface area is 171 Å². The molecule has 29 heavy (non-hydrogen) atoms. The molecule has 0 N–H and O–H groups in total. The molecular formula is C23H18FN3OS. The Morgan fingerprint density at radius 3 is 2.76 bits per heavy atom. The lowest BCUT2D eigenvalue weighted by Crippen LogP contribution is -2.23. The van der Waals surface area contributed by atoms with Crippen LogP contribution >= 0.6 is 11.3 Å². The molecule has 0 radical (unpaired) electrons. The zero-order chi connectivity index (χ0) is 19.8. The van der Waals surface area contributed by atoms with E-state index in [0.717, 1.165) is 35.2 Å². The van der Waals surface area contributed by atoms with Gasteiger partial charge in [-0.05, 0) is 36.1 Å². The Bertz CT molecular complexity index is 1250. The molecule has 3 aromatic heterocycles. The topological polar surface area (TPSA) is 47.8 Å². The van der Waals surface area contributed by atoms with E-state index in [9.17, 15) is 9.18 Å². The first-order chi connectivity index (χ1) is 14.3. The van der Waals surface area contributed by atoms with E-state index >= 15 is 0 Å². The minimum absolute atomic E-state index is 0.0869. The number of aryl methyl sites for hydroxylation is 1. The van der Waals surface area contributed by atoms with Crippen molar-refractivity contribution in [1.82, 2.24) is 14.5 Å². The zero-order valence-electron chi connectivity index (χ0n) is 15.6. The molecule has 0 aliphatic carbocycles. The highest BCUT2D eigenvalue weighted by molar-refractivity contribution is 7.13. The number of alkyl halides is 1. The average Bonchev–Trinajstić information content (AvgIpc) is 3.16. The van der Waals surface area contributed by atoms with Gasteiger partial charge in [-0.3, -0.25) is 9.78 Å². The van der Waals surface area contributed by atoms with E-state index in [2.05, 4.69) is 9.97 Å². The van der Waals surface area contributed by atoms with Gasteiger partial charge in [0.25, 0.3) is 5.56 Å². The summed E-state index contributed by atoms with van der Waals surface area (Å²) in [6.45, 7) is -0.00871. The molecule has 1 aliphatic rings. The van der Waals surface area contributed by atoms with Gasteiger partial charge < -0.3 is 4.57 Å². The Morgan fingerprint density at radius 2 is 1.97 bits per heavy atom. The lowest BCUT2D eigenvalue weighted by atomic mass is 9.95. The number of halogens is 1. The minimum Gasteiger partial charge on any atom is -0.307 e. The molecule has 5 rings (SSSR count). The van der Waals surface area contributed by atoms with Gasteiger partial charge in [-0.1, -0.05) is 30.3 Å². The van der Waals surface area contributed by atoms with E-state index in [-0.39, 0.29) is 5.56 Å². The fraction of sp³-hybridized carbons (Fsp3) is 0.174. The van der Waals surface area contributed by atoms with Crippen molar-refractivity contribution in [3.8, 4) is 33.0 Å². The van der Waals surface area contributed by atoms with Gasteiger partial charge in [0, 0.05) is 35.4 Å². The third-order valence-electron chi connectivity index (χ3n) is 5.29. The molecule has 144 valence electrons. The first-order valence-electron chi connectivity index (χ1n) is 9.53. The molecule has 0 saturated heterocycles. The van der Waals surface area contributed by atoms with Gasteiger partial charge in [-0.25, -0.2) is 9.37 Å². The molecule has 4 nitrogen and oxygen atoms in total. The number of thiazole rings is 1. The summed E-state index contributed by atoms with van der Waals surface area (Å²) in [5.41, 5.74) is 5.87. The van der Waals surface area contributed by atoms with Crippen LogP contribution in [0.25, 0.3) is 33.0 Å². The van der Waals surface area contributed by atoms with Crippen LogP contribution in [0.2, 0.25) is 0 Å². The number of pyridine rings is 2. The maximum atomic E-state index is 13.5. The number of hydrogen-bond donors (Lipinski definition) is 0. The van der Waals surface area contributed by atoms with E-state index in [4.69, 9.17) is 0 Å². The number of benzene rings is 1. The molecule has 4 heterocycles. The molecule has 0 atom stereocenters. The molecule has 0 unspecified atom stereocenters. The molecule has 0 saturated carbocycles. The highest BCUT2D eigenvalue weighted by Gasteiger charge is 2.23. The monoisotopic (exact) mass is 403 g/mol. The Morgan fingerprint density at radius 1 is 1.10 bits per heavy atom. The molecule has 1 aliphatic heterocycles. The highest BCUT2D eigenvalue weighted by atomic mass is 32.1. The van der Waals surface area contributed by atoms with Crippen molar-refractivity contribution in [2.45, 2.75) is 26.1 Å². The molecule has 6 heteroatoms. The van der Waals surface area contributed by atoms with Crippen LogP contribution in [0, 0.1) is 0 Å². The lowest BCUT2D eigenvalue weighted by molar-refractivity contribution is 0.478. The third-order valence-corrected chi connectivity index (χ3v) is 6.21. The van der Waals surface area contributed by atoms with Crippen LogP contribution in [0.3, 0.4) is 0 Å². The van der Waals surface area contributed by atoms with Crippen molar-refractivity contribution in [2.24, 2.45) is 0 Å². The van der Waals surface area contributed by atoms with Gasteiger partial charge in [0.1, 0.15) is 11.7 Å². The summed E-state index contributed by atoms with van der Waals surface area (Å²) >= 11 is 1.31. The fourth-order valence-electron chi connectivity index (χ4n) is 3.94. The van der Waals surface area contributed by atoms with E-state index in [1.54, 1.807) is 11.6 Å². The van der Waals surface area contributed by atoms with Crippen LogP contribution in [0.15, 0.2) is 65.0 Å². The second kappa shape index (κ2) is 7.37. The standard InChI is InChI=1S/C23H18FN3OS/c24-12-17-14-29-22(26-17)19-11-18(15-5-2-1-3-6-15)21-20-13-25-9-8-16(20)7-4-10-27(21)23(19)28/h1-3,5-6,8-9,11,13-14H,4,7,10,12H2. The predicted molar refractivity (Wildman–Crippen MR) is 114 cm³/mol. The fourth-order valence-corrected chi connectivity index (χ4v) is 4.74. The largest absolute Gasteiger partial charge is 0.307 e. The third kappa shape index (κ3) is 3.09. The lowest BCUT2D eigenvalue weighted by Gasteiger charge is -2.18. The zero-order valence-corrected chi connectivity index (χ0v) is 16.5. The number of nitrogens with zero attached hydrogens (tertiary/aromatic N) is 3. The van der Waals surface area contributed by atoms with E-state index in [1.807, 2.05) is 53.2 Å². The van der Waals surface area contributed by atoms with Crippen molar-refractivity contribution in [2.75, 3.05) is 0 Å². The smallest absolute Gasteiger partial charge is 0.261 e. The second-order valence-electron chi connectivity index (χ2n) is 7.06. The number of hydrogen-bond acceptors (Lipinski definition) is 4. The maximum absolute atomic E-state index is 13.5. The van der Waals surface area contributed by atoms with Gasteiger partial charge in [0.2, 0.25) is 0 Å². The summed E-state index contributed by atoms with van der Waals surface area (Å²) in [7, 11) is 0. The van der Waals surface area contributed by atoms with Gasteiger partial charge in [-0.15, -0.1) is 11.3 Å². The summed E-state index contributed by atoms with van der Waals surface area (Å²) in [5, 5.41) is 2.23. The van der Waals surface area contributed by atoms with Crippen LogP contribution in [-0.2, 0) is 19.6 Å². The quantitative estimate of drug-likeness (QED) is 0.477. The van der Waals surface area contributed by atoms with Crippen LogP contribution in [0.1, 0.15) is 17.7 Å². The normalized spacial score (nSPS) is 12.9. The van der Waals surface area contributed by atoms with Gasteiger partial charge >= 0.3 is 0 Å². The predicted octanol–water partition coefficient (Wildman–Crippen LogP) is 5.12. The molecule has 0 fully saturated rings. The van der Waals surface area contributed by atoms with E-state index in [0.29, 0.717) is 22.8 Å². The van der Waals surface area contributed by atoms with Crippen molar-refractivity contribution in [1.29, 1.82) is 0 Å². The van der Waals surface area contributed by atoms with Crippen LogP contribution in [-0.4, -0.2) is 14.5 Å². The molecule has 4 aromatic rings.